The zero-order valence-electron chi connectivity index (χ0n) is 13.7. The molecule has 0 aliphatic carbocycles. The third kappa shape index (κ3) is 10.4. The smallest absolute Gasteiger partial charge is 0.221 e. The van der Waals surface area contributed by atoms with Gasteiger partial charge in [-0.2, -0.15) is 0 Å². The highest BCUT2D eigenvalue weighted by Crippen LogP contribution is 2.09. The van der Waals surface area contributed by atoms with Gasteiger partial charge in [-0.25, -0.2) is 0 Å². The molecule has 0 saturated carbocycles. The van der Waals surface area contributed by atoms with E-state index in [1.807, 2.05) is 31.2 Å². The Kier molecular flexibility index (Phi) is 12.8. The summed E-state index contributed by atoms with van der Waals surface area (Å²) in [7, 11) is 1.72. The molecule has 7 heteroatoms. The molecule has 0 spiro atoms. The van der Waals surface area contributed by atoms with Crippen molar-refractivity contribution in [3.8, 4) is 0 Å². The van der Waals surface area contributed by atoms with Crippen LogP contribution in [-0.4, -0.2) is 38.5 Å². The Balaban J connectivity index is 0.00000484. The van der Waals surface area contributed by atoms with Crippen molar-refractivity contribution in [2.75, 3.05) is 26.7 Å². The van der Waals surface area contributed by atoms with Crippen molar-refractivity contribution in [2.45, 2.75) is 26.2 Å². The van der Waals surface area contributed by atoms with E-state index in [0.717, 1.165) is 31.0 Å². The van der Waals surface area contributed by atoms with Gasteiger partial charge in [0.2, 0.25) is 5.91 Å². The molecule has 23 heavy (non-hydrogen) atoms. The fourth-order valence-corrected chi connectivity index (χ4v) is 1.97. The molecule has 1 aromatic rings. The first-order valence-corrected chi connectivity index (χ1v) is 7.99. The van der Waals surface area contributed by atoms with E-state index in [0.29, 0.717) is 18.9 Å². The lowest BCUT2D eigenvalue weighted by Gasteiger charge is -2.12. The molecule has 0 aromatic heterocycles. The predicted molar refractivity (Wildman–Crippen MR) is 108 cm³/mol. The molecule has 0 saturated heterocycles. The number of carbonyl (C=O) groups is 1. The average Bonchev–Trinajstić information content (AvgIpc) is 2.53. The first kappa shape index (κ1) is 22.0. The highest BCUT2D eigenvalue weighted by atomic mass is 127. The first-order chi connectivity index (χ1) is 10.7. The number of nitrogens with zero attached hydrogens (tertiary/aromatic N) is 1. The molecule has 0 bridgehead atoms. The van der Waals surface area contributed by atoms with Gasteiger partial charge in [0.25, 0.3) is 0 Å². The maximum Gasteiger partial charge on any atom is 0.221 e. The van der Waals surface area contributed by atoms with Crippen molar-refractivity contribution in [1.29, 1.82) is 0 Å². The SMILES string of the molecule is CCCNC(=O)CCNC(=NC)NCCc1ccc(Cl)cc1.I. The number of hydrogen-bond acceptors (Lipinski definition) is 2. The second kappa shape index (κ2) is 13.4. The van der Waals surface area contributed by atoms with Crippen LogP contribution in [0.25, 0.3) is 0 Å². The minimum absolute atomic E-state index is 0. The van der Waals surface area contributed by atoms with Crippen LogP contribution in [0.1, 0.15) is 25.3 Å². The van der Waals surface area contributed by atoms with E-state index in [1.165, 1.54) is 5.56 Å². The van der Waals surface area contributed by atoms with Crippen LogP contribution in [0.2, 0.25) is 5.02 Å². The van der Waals surface area contributed by atoms with Crippen LogP contribution < -0.4 is 16.0 Å². The van der Waals surface area contributed by atoms with Crippen molar-refractivity contribution in [2.24, 2.45) is 4.99 Å². The van der Waals surface area contributed by atoms with E-state index < -0.39 is 0 Å². The van der Waals surface area contributed by atoms with Crippen LogP contribution in [0.4, 0.5) is 0 Å². The van der Waals surface area contributed by atoms with E-state index in [2.05, 4.69) is 20.9 Å². The second-order valence-corrected chi connectivity index (χ2v) is 5.34. The van der Waals surface area contributed by atoms with Crippen LogP contribution in [0.5, 0.6) is 0 Å². The molecule has 0 radical (unpaired) electrons. The van der Waals surface area contributed by atoms with Gasteiger partial charge in [-0.05, 0) is 30.5 Å². The second-order valence-electron chi connectivity index (χ2n) is 4.90. The Morgan fingerprint density at radius 1 is 1.09 bits per heavy atom. The number of carbonyl (C=O) groups excluding carboxylic acids is 1. The van der Waals surface area contributed by atoms with E-state index in [4.69, 9.17) is 11.6 Å². The van der Waals surface area contributed by atoms with E-state index >= 15 is 0 Å². The molecule has 3 N–H and O–H groups in total. The zero-order chi connectivity index (χ0) is 16.2. The third-order valence-electron chi connectivity index (χ3n) is 3.06. The van der Waals surface area contributed by atoms with Crippen molar-refractivity contribution in [3.63, 3.8) is 0 Å². The minimum Gasteiger partial charge on any atom is -0.356 e. The lowest BCUT2D eigenvalue weighted by Crippen LogP contribution is -2.40. The number of aliphatic imine (C=N–C) groups is 1. The summed E-state index contributed by atoms with van der Waals surface area (Å²) >= 11 is 5.86. The van der Waals surface area contributed by atoms with Crippen molar-refractivity contribution in [1.82, 2.24) is 16.0 Å². The lowest BCUT2D eigenvalue weighted by molar-refractivity contribution is -0.120. The van der Waals surface area contributed by atoms with Gasteiger partial charge in [0.1, 0.15) is 0 Å². The molecule has 0 unspecified atom stereocenters. The van der Waals surface area contributed by atoms with Gasteiger partial charge in [0, 0.05) is 38.1 Å². The molecule has 5 nitrogen and oxygen atoms in total. The molecule has 0 aliphatic rings. The van der Waals surface area contributed by atoms with Gasteiger partial charge in [-0.3, -0.25) is 9.79 Å². The number of rotatable bonds is 8. The summed E-state index contributed by atoms with van der Waals surface area (Å²) in [5.41, 5.74) is 1.21. The number of halogens is 2. The van der Waals surface area contributed by atoms with Crippen LogP contribution in [-0.2, 0) is 11.2 Å². The number of hydrogen-bond donors (Lipinski definition) is 3. The molecule has 130 valence electrons. The minimum atomic E-state index is 0. The van der Waals surface area contributed by atoms with Gasteiger partial charge < -0.3 is 16.0 Å². The summed E-state index contributed by atoms with van der Waals surface area (Å²) in [6.07, 6.45) is 2.28. The topological polar surface area (TPSA) is 65.5 Å². The fourth-order valence-electron chi connectivity index (χ4n) is 1.84. The average molecular weight is 453 g/mol. The normalized spacial score (nSPS) is 10.7. The molecule has 0 heterocycles. The van der Waals surface area contributed by atoms with Gasteiger partial charge in [0.05, 0.1) is 0 Å². The Bertz CT molecular complexity index is 479. The first-order valence-electron chi connectivity index (χ1n) is 7.61. The van der Waals surface area contributed by atoms with E-state index in [9.17, 15) is 4.79 Å². The highest BCUT2D eigenvalue weighted by molar-refractivity contribution is 14.0. The van der Waals surface area contributed by atoms with Gasteiger partial charge in [-0.15, -0.1) is 24.0 Å². The molecular weight excluding hydrogens is 427 g/mol. The van der Waals surface area contributed by atoms with Crippen LogP contribution in [0.3, 0.4) is 0 Å². The standard InChI is InChI=1S/C16H25ClN4O.HI/c1-3-10-19-15(22)9-12-21-16(18-2)20-11-8-13-4-6-14(17)7-5-13;/h4-7H,3,8-12H2,1-2H3,(H,19,22)(H2,18,20,21);1H. The molecule has 0 aliphatic heterocycles. The number of nitrogens with one attached hydrogen (secondary N) is 3. The molecule has 1 amide bonds. The fraction of sp³-hybridized carbons (Fsp3) is 0.500. The van der Waals surface area contributed by atoms with E-state index in [1.54, 1.807) is 7.05 Å². The largest absolute Gasteiger partial charge is 0.356 e. The Morgan fingerprint density at radius 3 is 2.35 bits per heavy atom. The van der Waals surface area contributed by atoms with Gasteiger partial charge in [-0.1, -0.05) is 30.7 Å². The third-order valence-corrected chi connectivity index (χ3v) is 3.31. The quantitative estimate of drug-likeness (QED) is 0.323. The molecule has 0 atom stereocenters. The Morgan fingerprint density at radius 2 is 1.74 bits per heavy atom. The highest BCUT2D eigenvalue weighted by Gasteiger charge is 2.02. The zero-order valence-corrected chi connectivity index (χ0v) is 16.8. The van der Waals surface area contributed by atoms with Gasteiger partial charge >= 0.3 is 0 Å². The predicted octanol–water partition coefficient (Wildman–Crippen LogP) is 2.58. The molecular formula is C16H26ClIN4O. The van der Waals surface area contributed by atoms with Crippen molar-refractivity contribution < 1.29 is 4.79 Å². The Labute approximate surface area is 160 Å². The summed E-state index contributed by atoms with van der Waals surface area (Å²) in [6.45, 7) is 4.09. The molecule has 0 fully saturated rings. The summed E-state index contributed by atoms with van der Waals surface area (Å²) in [5, 5.41) is 9.94. The number of amides is 1. The molecule has 1 aromatic carbocycles. The van der Waals surface area contributed by atoms with Crippen molar-refractivity contribution >= 4 is 47.4 Å². The maximum absolute atomic E-state index is 11.5. The van der Waals surface area contributed by atoms with Gasteiger partial charge in [0.15, 0.2) is 5.96 Å². The molecule has 1 rings (SSSR count). The van der Waals surface area contributed by atoms with Crippen LogP contribution >= 0.6 is 35.6 Å². The number of benzene rings is 1. The lowest BCUT2D eigenvalue weighted by atomic mass is 10.1. The van der Waals surface area contributed by atoms with Crippen molar-refractivity contribution in [3.05, 3.63) is 34.9 Å². The Hall–Kier alpha value is -1.02. The van der Waals surface area contributed by atoms with Crippen LogP contribution in [0.15, 0.2) is 29.3 Å². The summed E-state index contributed by atoms with van der Waals surface area (Å²) < 4.78 is 0. The summed E-state index contributed by atoms with van der Waals surface area (Å²) in [4.78, 5) is 15.6. The summed E-state index contributed by atoms with van der Waals surface area (Å²) in [6, 6.07) is 7.80. The van der Waals surface area contributed by atoms with E-state index in [-0.39, 0.29) is 29.9 Å². The monoisotopic (exact) mass is 452 g/mol. The number of guanidine groups is 1. The summed E-state index contributed by atoms with van der Waals surface area (Å²) in [5.74, 6) is 0.767. The van der Waals surface area contributed by atoms with Crippen LogP contribution in [0, 0.1) is 0 Å². The maximum atomic E-state index is 11.5.